The number of nitrogens with one attached hydrogen (secondary N) is 2. The summed E-state index contributed by atoms with van der Waals surface area (Å²) in [6, 6.07) is 0. The number of carboxylic acid groups (broad SMARTS) is 1. The number of nitrogens with zero attached hydrogens (tertiary/aromatic N) is 1. The summed E-state index contributed by atoms with van der Waals surface area (Å²) < 4.78 is 0. The topological polar surface area (TPSA) is 98.8 Å². The van der Waals surface area contributed by atoms with Crippen LogP contribution >= 0.6 is 0 Å². The number of aliphatic carboxylic acids is 1. The molecule has 0 unspecified atom stereocenters. The van der Waals surface area contributed by atoms with Crippen molar-refractivity contribution >= 4 is 5.97 Å². The van der Waals surface area contributed by atoms with E-state index in [1.807, 2.05) is 12.2 Å². The fourth-order valence-electron chi connectivity index (χ4n) is 1.85. The molecule has 1 aromatic rings. The number of carboxylic acids is 1. The SMILES string of the molecule is O=C(O)[C@H]1CC=CC[C@H]1c1n[nH]c(=O)[nH]1. The van der Waals surface area contributed by atoms with Crippen LogP contribution in [0.2, 0.25) is 0 Å². The van der Waals surface area contributed by atoms with Crippen molar-refractivity contribution in [1.29, 1.82) is 0 Å². The molecule has 0 radical (unpaired) electrons. The van der Waals surface area contributed by atoms with E-state index in [1.54, 1.807) is 0 Å². The van der Waals surface area contributed by atoms with Crippen molar-refractivity contribution in [1.82, 2.24) is 15.2 Å². The van der Waals surface area contributed by atoms with Crippen molar-refractivity contribution in [3.05, 3.63) is 28.5 Å². The Hall–Kier alpha value is -1.85. The zero-order valence-electron chi connectivity index (χ0n) is 7.93. The Balaban J connectivity index is 2.30. The first-order chi connectivity index (χ1) is 7.18. The Morgan fingerprint density at radius 3 is 2.80 bits per heavy atom. The smallest absolute Gasteiger partial charge is 0.340 e. The summed E-state index contributed by atoms with van der Waals surface area (Å²) in [6.45, 7) is 0. The molecule has 0 amide bonds. The van der Waals surface area contributed by atoms with E-state index in [4.69, 9.17) is 5.11 Å². The Labute approximate surface area is 85.0 Å². The minimum Gasteiger partial charge on any atom is -0.481 e. The largest absolute Gasteiger partial charge is 0.481 e. The maximum atomic E-state index is 11.0. The van der Waals surface area contributed by atoms with E-state index in [9.17, 15) is 9.59 Å². The second kappa shape index (κ2) is 3.72. The standard InChI is InChI=1S/C9H11N3O3/c13-8(14)6-4-2-1-3-5(6)7-10-9(15)12-11-7/h1-2,5-6H,3-4H2,(H,13,14)(H2,10,11,12,15)/t5-,6+/m1/s1. The van der Waals surface area contributed by atoms with E-state index in [0.717, 1.165) is 0 Å². The van der Waals surface area contributed by atoms with Crippen molar-refractivity contribution in [2.24, 2.45) is 5.92 Å². The van der Waals surface area contributed by atoms with Crippen molar-refractivity contribution < 1.29 is 9.90 Å². The fourth-order valence-corrected chi connectivity index (χ4v) is 1.85. The number of H-pyrrole nitrogens is 2. The number of rotatable bonds is 2. The highest BCUT2D eigenvalue weighted by atomic mass is 16.4. The lowest BCUT2D eigenvalue weighted by molar-refractivity contribution is -0.142. The molecule has 1 aliphatic rings. The lowest BCUT2D eigenvalue weighted by atomic mass is 9.82. The summed E-state index contributed by atoms with van der Waals surface area (Å²) in [5.74, 6) is -1.18. The molecule has 1 aromatic heterocycles. The Morgan fingerprint density at radius 2 is 2.20 bits per heavy atom. The van der Waals surface area contributed by atoms with Crippen LogP contribution in [0.3, 0.4) is 0 Å². The normalized spacial score (nSPS) is 25.3. The predicted molar refractivity (Wildman–Crippen MR) is 51.4 cm³/mol. The first-order valence-electron chi connectivity index (χ1n) is 4.71. The molecule has 6 nitrogen and oxygen atoms in total. The molecule has 0 bridgehead atoms. The second-order valence-corrected chi connectivity index (χ2v) is 3.56. The van der Waals surface area contributed by atoms with Gasteiger partial charge in [-0.1, -0.05) is 12.2 Å². The summed E-state index contributed by atoms with van der Waals surface area (Å²) in [6.07, 6.45) is 4.84. The van der Waals surface area contributed by atoms with Crippen LogP contribution in [0.15, 0.2) is 16.9 Å². The number of aromatic amines is 2. The van der Waals surface area contributed by atoms with Gasteiger partial charge in [0.15, 0.2) is 0 Å². The molecule has 2 rings (SSSR count). The van der Waals surface area contributed by atoms with Gasteiger partial charge in [-0.2, -0.15) is 5.10 Å². The van der Waals surface area contributed by atoms with Crippen LogP contribution in [0.4, 0.5) is 0 Å². The number of aromatic nitrogens is 3. The molecule has 2 atom stereocenters. The highest BCUT2D eigenvalue weighted by Crippen LogP contribution is 2.32. The number of hydrogen-bond acceptors (Lipinski definition) is 3. The fraction of sp³-hybridized carbons (Fsp3) is 0.444. The maximum absolute atomic E-state index is 11.0. The number of allylic oxidation sites excluding steroid dienone is 2. The zero-order valence-corrected chi connectivity index (χ0v) is 7.93. The summed E-state index contributed by atoms with van der Waals surface area (Å²) >= 11 is 0. The second-order valence-electron chi connectivity index (χ2n) is 3.56. The predicted octanol–water partition coefficient (Wildman–Crippen LogP) is 0.232. The highest BCUT2D eigenvalue weighted by Gasteiger charge is 2.31. The minimum absolute atomic E-state index is 0.244. The third-order valence-corrected chi connectivity index (χ3v) is 2.62. The van der Waals surface area contributed by atoms with Gasteiger partial charge in [0, 0.05) is 5.92 Å². The Bertz CT molecular complexity index is 445. The van der Waals surface area contributed by atoms with Gasteiger partial charge in [0.05, 0.1) is 5.92 Å². The molecule has 0 aliphatic heterocycles. The quantitative estimate of drug-likeness (QED) is 0.607. The van der Waals surface area contributed by atoms with E-state index in [2.05, 4.69) is 15.2 Å². The zero-order chi connectivity index (χ0) is 10.8. The lowest BCUT2D eigenvalue weighted by Gasteiger charge is -2.22. The molecule has 80 valence electrons. The maximum Gasteiger partial charge on any atom is 0.340 e. The Kier molecular flexibility index (Phi) is 2.40. The van der Waals surface area contributed by atoms with Gasteiger partial charge in [-0.05, 0) is 12.8 Å². The third kappa shape index (κ3) is 1.83. The molecule has 15 heavy (non-hydrogen) atoms. The summed E-state index contributed by atoms with van der Waals surface area (Å²) in [7, 11) is 0. The Morgan fingerprint density at radius 1 is 1.47 bits per heavy atom. The van der Waals surface area contributed by atoms with Gasteiger partial charge in [-0.25, -0.2) is 9.89 Å². The van der Waals surface area contributed by atoms with Crippen LogP contribution in [-0.2, 0) is 4.79 Å². The van der Waals surface area contributed by atoms with E-state index in [1.165, 1.54) is 0 Å². The minimum atomic E-state index is -0.854. The van der Waals surface area contributed by atoms with Gasteiger partial charge in [0.1, 0.15) is 5.82 Å². The van der Waals surface area contributed by atoms with Crippen LogP contribution in [0.5, 0.6) is 0 Å². The summed E-state index contributed by atoms with van der Waals surface area (Å²) in [5, 5.41) is 15.0. The number of carbonyl (C=O) groups is 1. The van der Waals surface area contributed by atoms with E-state index >= 15 is 0 Å². The van der Waals surface area contributed by atoms with Gasteiger partial charge >= 0.3 is 11.7 Å². The van der Waals surface area contributed by atoms with Crippen molar-refractivity contribution in [2.75, 3.05) is 0 Å². The van der Waals surface area contributed by atoms with E-state index in [-0.39, 0.29) is 5.92 Å². The first-order valence-corrected chi connectivity index (χ1v) is 4.71. The molecule has 0 fully saturated rings. The van der Waals surface area contributed by atoms with Crippen molar-refractivity contribution in [3.63, 3.8) is 0 Å². The molecule has 6 heteroatoms. The average molecular weight is 209 g/mol. The molecule has 0 saturated carbocycles. The lowest BCUT2D eigenvalue weighted by Crippen LogP contribution is -2.24. The van der Waals surface area contributed by atoms with Gasteiger partial charge in [0.2, 0.25) is 0 Å². The summed E-state index contributed by atoms with van der Waals surface area (Å²) in [4.78, 5) is 24.4. The van der Waals surface area contributed by atoms with Crippen LogP contribution in [0, 0.1) is 5.92 Å². The van der Waals surface area contributed by atoms with Crippen molar-refractivity contribution in [2.45, 2.75) is 18.8 Å². The van der Waals surface area contributed by atoms with Crippen LogP contribution in [0.1, 0.15) is 24.6 Å². The molecular weight excluding hydrogens is 198 g/mol. The monoisotopic (exact) mass is 209 g/mol. The molecule has 0 saturated heterocycles. The van der Waals surface area contributed by atoms with Crippen LogP contribution < -0.4 is 5.69 Å². The van der Waals surface area contributed by atoms with E-state index < -0.39 is 17.6 Å². The molecule has 1 heterocycles. The highest BCUT2D eigenvalue weighted by molar-refractivity contribution is 5.71. The van der Waals surface area contributed by atoms with Gasteiger partial charge in [-0.3, -0.25) is 9.78 Å². The van der Waals surface area contributed by atoms with E-state index in [0.29, 0.717) is 18.7 Å². The summed E-state index contributed by atoms with van der Waals surface area (Å²) in [5.41, 5.74) is -0.399. The number of hydrogen-bond donors (Lipinski definition) is 3. The van der Waals surface area contributed by atoms with Gasteiger partial charge in [-0.15, -0.1) is 0 Å². The van der Waals surface area contributed by atoms with Crippen LogP contribution in [0.25, 0.3) is 0 Å². The first kappa shape index (κ1) is 9.70. The average Bonchev–Trinajstić information content (AvgIpc) is 2.65. The van der Waals surface area contributed by atoms with Crippen molar-refractivity contribution in [3.8, 4) is 0 Å². The van der Waals surface area contributed by atoms with Gasteiger partial charge < -0.3 is 5.11 Å². The molecule has 0 aromatic carbocycles. The third-order valence-electron chi connectivity index (χ3n) is 2.62. The van der Waals surface area contributed by atoms with Gasteiger partial charge in [0.25, 0.3) is 0 Å². The molecule has 3 N–H and O–H groups in total. The molecular formula is C9H11N3O3. The molecule has 1 aliphatic carbocycles. The van der Waals surface area contributed by atoms with Crippen LogP contribution in [-0.4, -0.2) is 26.3 Å². The molecule has 0 spiro atoms.